The second kappa shape index (κ2) is 7.87. The molecule has 0 radical (unpaired) electrons. The summed E-state index contributed by atoms with van der Waals surface area (Å²) in [4.78, 5) is 23.6. The SMILES string of the molecule is O=C(CC(=O)NC1CCCCCC1)Nc1c(F)cccc1F. The number of carbonyl (C=O) groups excluding carboxylic acids is 2. The van der Waals surface area contributed by atoms with Crippen LogP contribution in [0, 0.1) is 11.6 Å². The Kier molecular flexibility index (Phi) is 5.86. The van der Waals surface area contributed by atoms with Crippen LogP contribution in [0.4, 0.5) is 14.5 Å². The monoisotopic (exact) mass is 310 g/mol. The highest BCUT2D eigenvalue weighted by atomic mass is 19.1. The van der Waals surface area contributed by atoms with E-state index in [0.717, 1.165) is 37.8 Å². The lowest BCUT2D eigenvalue weighted by Gasteiger charge is -2.16. The van der Waals surface area contributed by atoms with Crippen LogP contribution in [0.1, 0.15) is 44.9 Å². The molecule has 1 fully saturated rings. The molecule has 2 rings (SSSR count). The molecule has 1 saturated carbocycles. The predicted molar refractivity (Wildman–Crippen MR) is 79.2 cm³/mol. The maximum Gasteiger partial charge on any atom is 0.233 e. The van der Waals surface area contributed by atoms with Crippen LogP contribution >= 0.6 is 0 Å². The van der Waals surface area contributed by atoms with E-state index in [1.807, 2.05) is 0 Å². The van der Waals surface area contributed by atoms with Crippen molar-refractivity contribution in [1.82, 2.24) is 5.32 Å². The Morgan fingerprint density at radius 1 is 1.00 bits per heavy atom. The number of anilines is 1. The van der Waals surface area contributed by atoms with Crippen LogP contribution in [0.25, 0.3) is 0 Å². The van der Waals surface area contributed by atoms with Gasteiger partial charge in [0.2, 0.25) is 11.8 Å². The lowest BCUT2D eigenvalue weighted by molar-refractivity contribution is -0.127. The van der Waals surface area contributed by atoms with Gasteiger partial charge in [0.25, 0.3) is 0 Å². The highest BCUT2D eigenvalue weighted by molar-refractivity contribution is 6.03. The van der Waals surface area contributed by atoms with Crippen molar-refractivity contribution in [2.75, 3.05) is 5.32 Å². The summed E-state index contributed by atoms with van der Waals surface area (Å²) in [5, 5.41) is 4.93. The summed E-state index contributed by atoms with van der Waals surface area (Å²) < 4.78 is 26.8. The Morgan fingerprint density at radius 3 is 2.18 bits per heavy atom. The van der Waals surface area contributed by atoms with Crippen molar-refractivity contribution < 1.29 is 18.4 Å². The van der Waals surface area contributed by atoms with Gasteiger partial charge in [-0.05, 0) is 25.0 Å². The van der Waals surface area contributed by atoms with Gasteiger partial charge >= 0.3 is 0 Å². The number of hydrogen-bond acceptors (Lipinski definition) is 2. The summed E-state index contributed by atoms with van der Waals surface area (Å²) in [6, 6.07) is 3.39. The fourth-order valence-electron chi connectivity index (χ4n) is 2.65. The zero-order chi connectivity index (χ0) is 15.9. The second-order valence-corrected chi connectivity index (χ2v) is 5.58. The van der Waals surface area contributed by atoms with E-state index in [1.54, 1.807) is 0 Å². The van der Waals surface area contributed by atoms with Gasteiger partial charge in [-0.1, -0.05) is 31.7 Å². The third-order valence-corrected chi connectivity index (χ3v) is 3.77. The van der Waals surface area contributed by atoms with Gasteiger partial charge in [-0.2, -0.15) is 0 Å². The molecule has 0 heterocycles. The molecule has 6 heteroatoms. The van der Waals surface area contributed by atoms with Gasteiger partial charge in [0.15, 0.2) is 0 Å². The zero-order valence-electron chi connectivity index (χ0n) is 12.3. The molecule has 1 aliphatic carbocycles. The maximum absolute atomic E-state index is 13.4. The summed E-state index contributed by atoms with van der Waals surface area (Å²) in [6.45, 7) is 0. The highest BCUT2D eigenvalue weighted by Crippen LogP contribution is 2.19. The minimum absolute atomic E-state index is 0.0907. The summed E-state index contributed by atoms with van der Waals surface area (Å²) in [5.74, 6) is -2.87. The third-order valence-electron chi connectivity index (χ3n) is 3.77. The Labute approximate surface area is 128 Å². The van der Waals surface area contributed by atoms with Gasteiger partial charge in [0.1, 0.15) is 23.7 Å². The van der Waals surface area contributed by atoms with E-state index in [-0.39, 0.29) is 6.04 Å². The first-order valence-electron chi connectivity index (χ1n) is 7.59. The van der Waals surface area contributed by atoms with Crippen LogP contribution in [-0.2, 0) is 9.59 Å². The fourth-order valence-corrected chi connectivity index (χ4v) is 2.65. The number of carbonyl (C=O) groups is 2. The van der Waals surface area contributed by atoms with Gasteiger partial charge in [0.05, 0.1) is 0 Å². The first-order valence-corrected chi connectivity index (χ1v) is 7.59. The van der Waals surface area contributed by atoms with Crippen molar-refractivity contribution in [3.05, 3.63) is 29.8 Å². The van der Waals surface area contributed by atoms with E-state index in [1.165, 1.54) is 18.9 Å². The van der Waals surface area contributed by atoms with Crippen LogP contribution in [0.2, 0.25) is 0 Å². The van der Waals surface area contributed by atoms with Crippen LogP contribution < -0.4 is 10.6 Å². The predicted octanol–water partition coefficient (Wildman–Crippen LogP) is 3.13. The molecule has 4 nitrogen and oxygen atoms in total. The molecule has 0 atom stereocenters. The van der Waals surface area contributed by atoms with Gasteiger partial charge in [-0.25, -0.2) is 8.78 Å². The van der Waals surface area contributed by atoms with E-state index >= 15 is 0 Å². The molecule has 0 unspecified atom stereocenters. The number of benzene rings is 1. The number of hydrogen-bond donors (Lipinski definition) is 2. The minimum Gasteiger partial charge on any atom is -0.353 e. The maximum atomic E-state index is 13.4. The molecule has 2 N–H and O–H groups in total. The van der Waals surface area contributed by atoms with Gasteiger partial charge in [-0.15, -0.1) is 0 Å². The topological polar surface area (TPSA) is 58.2 Å². The first kappa shape index (κ1) is 16.4. The second-order valence-electron chi connectivity index (χ2n) is 5.58. The average molecular weight is 310 g/mol. The molecule has 120 valence electrons. The number of amides is 2. The summed E-state index contributed by atoms with van der Waals surface area (Å²) in [5.41, 5.74) is -0.519. The van der Waals surface area contributed by atoms with E-state index < -0.39 is 35.6 Å². The lowest BCUT2D eigenvalue weighted by atomic mass is 10.1. The summed E-state index contributed by atoms with van der Waals surface area (Å²) in [6.07, 6.45) is 5.85. The van der Waals surface area contributed by atoms with E-state index in [2.05, 4.69) is 10.6 Å². The number of rotatable bonds is 4. The molecule has 0 saturated heterocycles. The molecule has 1 aromatic rings. The van der Waals surface area contributed by atoms with Crippen molar-refractivity contribution >= 4 is 17.5 Å². The average Bonchev–Trinajstić information content (AvgIpc) is 2.71. The number of halogens is 2. The molecular formula is C16H20F2N2O2. The van der Waals surface area contributed by atoms with E-state index in [9.17, 15) is 18.4 Å². The molecule has 22 heavy (non-hydrogen) atoms. The Morgan fingerprint density at radius 2 is 1.59 bits per heavy atom. The molecule has 0 aromatic heterocycles. The molecule has 0 spiro atoms. The number of para-hydroxylation sites is 1. The molecule has 0 aliphatic heterocycles. The largest absolute Gasteiger partial charge is 0.353 e. The van der Waals surface area contributed by atoms with Gasteiger partial charge in [0, 0.05) is 6.04 Å². The Hall–Kier alpha value is -1.98. The molecule has 0 bridgehead atoms. The fraction of sp³-hybridized carbons (Fsp3) is 0.500. The van der Waals surface area contributed by atoms with Crippen LogP contribution in [0.15, 0.2) is 18.2 Å². The Balaban J connectivity index is 1.84. The highest BCUT2D eigenvalue weighted by Gasteiger charge is 2.18. The van der Waals surface area contributed by atoms with Crippen LogP contribution in [-0.4, -0.2) is 17.9 Å². The first-order chi connectivity index (χ1) is 10.6. The third kappa shape index (κ3) is 4.79. The quantitative estimate of drug-likeness (QED) is 0.663. The zero-order valence-corrected chi connectivity index (χ0v) is 12.3. The molecule has 1 aliphatic rings. The van der Waals surface area contributed by atoms with Crippen molar-refractivity contribution in [2.24, 2.45) is 0 Å². The Bertz CT molecular complexity index is 521. The van der Waals surface area contributed by atoms with Crippen LogP contribution in [0.5, 0.6) is 0 Å². The van der Waals surface area contributed by atoms with Crippen molar-refractivity contribution in [3.8, 4) is 0 Å². The van der Waals surface area contributed by atoms with Gasteiger partial charge in [-0.3, -0.25) is 9.59 Å². The molecule has 1 aromatic carbocycles. The molecular weight excluding hydrogens is 290 g/mol. The smallest absolute Gasteiger partial charge is 0.233 e. The van der Waals surface area contributed by atoms with E-state index in [0.29, 0.717) is 0 Å². The van der Waals surface area contributed by atoms with Crippen molar-refractivity contribution in [1.29, 1.82) is 0 Å². The summed E-state index contributed by atoms with van der Waals surface area (Å²) >= 11 is 0. The van der Waals surface area contributed by atoms with Gasteiger partial charge < -0.3 is 10.6 Å². The lowest BCUT2D eigenvalue weighted by Crippen LogP contribution is -2.36. The minimum atomic E-state index is -0.863. The van der Waals surface area contributed by atoms with Crippen LogP contribution in [0.3, 0.4) is 0 Å². The number of nitrogens with one attached hydrogen (secondary N) is 2. The summed E-state index contributed by atoms with van der Waals surface area (Å²) in [7, 11) is 0. The van der Waals surface area contributed by atoms with Crippen molar-refractivity contribution in [2.45, 2.75) is 51.0 Å². The normalized spacial score (nSPS) is 15.9. The van der Waals surface area contributed by atoms with Crippen molar-refractivity contribution in [3.63, 3.8) is 0 Å². The standard InChI is InChI=1S/C16H20F2N2O2/c17-12-8-5-9-13(18)16(12)20-15(22)10-14(21)19-11-6-3-1-2-4-7-11/h5,8-9,11H,1-4,6-7,10H2,(H,19,21)(H,20,22). The van der Waals surface area contributed by atoms with E-state index in [4.69, 9.17) is 0 Å². The molecule has 2 amide bonds.